The van der Waals surface area contributed by atoms with E-state index in [2.05, 4.69) is 20.6 Å². The zero-order valence-electron chi connectivity index (χ0n) is 14.9. The molecule has 2 amide bonds. The van der Waals surface area contributed by atoms with Gasteiger partial charge in [-0.05, 0) is 36.8 Å². The molecule has 0 unspecified atom stereocenters. The molecular weight excluding hydrogens is 332 g/mol. The summed E-state index contributed by atoms with van der Waals surface area (Å²) in [5.74, 6) is 1.31. The molecule has 0 atom stereocenters. The van der Waals surface area contributed by atoms with Crippen LogP contribution in [0.4, 0.5) is 10.5 Å². The van der Waals surface area contributed by atoms with Crippen molar-refractivity contribution in [2.24, 2.45) is 0 Å². The van der Waals surface area contributed by atoms with Crippen LogP contribution in [0.15, 0.2) is 42.7 Å². The van der Waals surface area contributed by atoms with Gasteiger partial charge in [-0.15, -0.1) is 0 Å². The van der Waals surface area contributed by atoms with Crippen molar-refractivity contribution >= 4 is 22.8 Å². The number of carbonyl (C=O) groups excluding carboxylic acids is 1. The van der Waals surface area contributed by atoms with E-state index >= 15 is 0 Å². The van der Waals surface area contributed by atoms with Crippen molar-refractivity contribution in [3.05, 3.63) is 42.7 Å². The number of pyridine rings is 2. The van der Waals surface area contributed by atoms with E-state index in [1.807, 2.05) is 31.2 Å². The minimum absolute atomic E-state index is 0.272. The molecule has 7 heteroatoms. The Hall–Kier alpha value is -3.35. The fourth-order valence-electron chi connectivity index (χ4n) is 2.63. The Kier molecular flexibility index (Phi) is 5.17. The van der Waals surface area contributed by atoms with Gasteiger partial charge in [-0.25, -0.2) is 4.79 Å². The molecule has 0 radical (unpaired) electrons. The average molecular weight is 352 g/mol. The van der Waals surface area contributed by atoms with Crippen molar-refractivity contribution in [1.82, 2.24) is 15.3 Å². The first-order valence-electron chi connectivity index (χ1n) is 8.18. The number of hydrogen-bond donors (Lipinski definition) is 2. The number of aromatic nitrogens is 2. The van der Waals surface area contributed by atoms with Crippen molar-refractivity contribution in [1.29, 1.82) is 0 Å². The quantitative estimate of drug-likeness (QED) is 0.734. The van der Waals surface area contributed by atoms with Crippen LogP contribution in [0.5, 0.6) is 11.5 Å². The molecule has 0 aliphatic rings. The molecular formula is C19H20N4O3. The minimum Gasteiger partial charge on any atom is -0.493 e. The average Bonchev–Trinajstić information content (AvgIpc) is 2.67. The maximum Gasteiger partial charge on any atom is 0.319 e. The normalized spacial score (nSPS) is 10.4. The second-order valence-electron chi connectivity index (χ2n) is 5.50. The van der Waals surface area contributed by atoms with Gasteiger partial charge >= 0.3 is 6.03 Å². The third-order valence-corrected chi connectivity index (χ3v) is 3.88. The molecule has 134 valence electrons. The SMILES string of the molecule is CCNC(=O)Nc1ccnc2cc(-c3ccc(OC)c(OC)c3)cnc12. The highest BCUT2D eigenvalue weighted by Gasteiger charge is 2.10. The van der Waals surface area contributed by atoms with E-state index < -0.39 is 0 Å². The molecule has 0 saturated heterocycles. The van der Waals surface area contributed by atoms with Gasteiger partial charge in [-0.3, -0.25) is 9.97 Å². The molecule has 2 heterocycles. The van der Waals surface area contributed by atoms with Gasteiger partial charge in [0.2, 0.25) is 0 Å². The zero-order valence-corrected chi connectivity index (χ0v) is 14.9. The fourth-order valence-corrected chi connectivity index (χ4v) is 2.63. The predicted molar refractivity (Wildman–Crippen MR) is 101 cm³/mol. The summed E-state index contributed by atoms with van der Waals surface area (Å²) in [6.45, 7) is 2.41. The molecule has 1 aromatic carbocycles. The van der Waals surface area contributed by atoms with Crippen LogP contribution < -0.4 is 20.1 Å². The Morgan fingerprint density at radius 2 is 1.85 bits per heavy atom. The number of rotatable bonds is 5. The van der Waals surface area contributed by atoms with Gasteiger partial charge in [0.25, 0.3) is 0 Å². The molecule has 0 aliphatic heterocycles. The predicted octanol–water partition coefficient (Wildman–Crippen LogP) is 3.46. The molecule has 7 nitrogen and oxygen atoms in total. The lowest BCUT2D eigenvalue weighted by Crippen LogP contribution is -2.28. The number of nitrogens with zero attached hydrogens (tertiary/aromatic N) is 2. The smallest absolute Gasteiger partial charge is 0.319 e. The lowest BCUT2D eigenvalue weighted by atomic mass is 10.1. The monoisotopic (exact) mass is 352 g/mol. The number of hydrogen-bond acceptors (Lipinski definition) is 5. The summed E-state index contributed by atoms with van der Waals surface area (Å²) in [5, 5.41) is 5.48. The highest BCUT2D eigenvalue weighted by atomic mass is 16.5. The van der Waals surface area contributed by atoms with E-state index in [4.69, 9.17) is 9.47 Å². The van der Waals surface area contributed by atoms with Crippen LogP contribution in [0.1, 0.15) is 6.92 Å². The third-order valence-electron chi connectivity index (χ3n) is 3.88. The molecule has 0 fully saturated rings. The number of urea groups is 1. The minimum atomic E-state index is -0.272. The van der Waals surface area contributed by atoms with Crippen LogP contribution in [0.2, 0.25) is 0 Å². The number of carbonyl (C=O) groups is 1. The number of ether oxygens (including phenoxy) is 2. The zero-order chi connectivity index (χ0) is 18.5. The lowest BCUT2D eigenvalue weighted by molar-refractivity contribution is 0.252. The number of amides is 2. The van der Waals surface area contributed by atoms with Crippen molar-refractivity contribution in [3.8, 4) is 22.6 Å². The van der Waals surface area contributed by atoms with Gasteiger partial charge < -0.3 is 20.1 Å². The third kappa shape index (κ3) is 3.51. The Labute approximate surface area is 151 Å². The Balaban J connectivity index is 1.99. The van der Waals surface area contributed by atoms with Crippen LogP contribution in [0.25, 0.3) is 22.2 Å². The largest absolute Gasteiger partial charge is 0.493 e. The Morgan fingerprint density at radius 1 is 1.04 bits per heavy atom. The summed E-state index contributed by atoms with van der Waals surface area (Å²) in [6.07, 6.45) is 3.39. The van der Waals surface area contributed by atoms with Gasteiger partial charge in [0.15, 0.2) is 11.5 Å². The fraction of sp³-hybridized carbons (Fsp3) is 0.211. The van der Waals surface area contributed by atoms with Crippen molar-refractivity contribution < 1.29 is 14.3 Å². The van der Waals surface area contributed by atoms with Gasteiger partial charge in [-0.2, -0.15) is 0 Å². The first kappa shape index (κ1) is 17.5. The molecule has 3 aromatic rings. The number of anilines is 1. The molecule has 0 saturated carbocycles. The topological polar surface area (TPSA) is 85.4 Å². The molecule has 0 aliphatic carbocycles. The van der Waals surface area contributed by atoms with E-state index in [-0.39, 0.29) is 6.03 Å². The van der Waals surface area contributed by atoms with E-state index in [1.165, 1.54) is 0 Å². The second kappa shape index (κ2) is 7.69. The number of nitrogens with one attached hydrogen (secondary N) is 2. The van der Waals surface area contributed by atoms with Crippen molar-refractivity contribution in [3.63, 3.8) is 0 Å². The molecule has 2 N–H and O–H groups in total. The first-order valence-corrected chi connectivity index (χ1v) is 8.18. The summed E-state index contributed by atoms with van der Waals surface area (Å²) >= 11 is 0. The Morgan fingerprint density at radius 3 is 2.58 bits per heavy atom. The number of fused-ring (bicyclic) bond motifs is 1. The summed E-state index contributed by atoms with van der Waals surface area (Å²) < 4.78 is 10.6. The van der Waals surface area contributed by atoms with E-state index in [0.29, 0.717) is 34.8 Å². The van der Waals surface area contributed by atoms with Gasteiger partial charge in [0.1, 0.15) is 5.52 Å². The van der Waals surface area contributed by atoms with E-state index in [9.17, 15) is 4.79 Å². The van der Waals surface area contributed by atoms with Crippen molar-refractivity contribution in [2.45, 2.75) is 6.92 Å². The maximum atomic E-state index is 11.8. The van der Waals surface area contributed by atoms with Crippen LogP contribution in [-0.2, 0) is 0 Å². The van der Waals surface area contributed by atoms with Crippen LogP contribution in [-0.4, -0.2) is 36.8 Å². The maximum absolute atomic E-state index is 11.8. The summed E-state index contributed by atoms with van der Waals surface area (Å²) in [5.41, 5.74) is 3.75. The molecule has 26 heavy (non-hydrogen) atoms. The summed E-state index contributed by atoms with van der Waals surface area (Å²) in [6, 6.07) is 9.04. The Bertz CT molecular complexity index is 943. The van der Waals surface area contributed by atoms with Crippen LogP contribution in [0, 0.1) is 0 Å². The molecule has 0 bridgehead atoms. The first-order chi connectivity index (χ1) is 12.7. The number of methoxy groups -OCH3 is 2. The lowest BCUT2D eigenvalue weighted by Gasteiger charge is -2.11. The highest BCUT2D eigenvalue weighted by Crippen LogP contribution is 2.33. The van der Waals surface area contributed by atoms with Gasteiger partial charge in [-0.1, -0.05) is 6.07 Å². The van der Waals surface area contributed by atoms with E-state index in [0.717, 1.165) is 11.1 Å². The molecule has 3 rings (SSSR count). The second-order valence-corrected chi connectivity index (χ2v) is 5.50. The summed E-state index contributed by atoms with van der Waals surface area (Å²) in [7, 11) is 3.20. The number of benzene rings is 1. The van der Waals surface area contributed by atoms with Gasteiger partial charge in [0, 0.05) is 24.5 Å². The summed E-state index contributed by atoms with van der Waals surface area (Å²) in [4.78, 5) is 20.6. The molecule has 0 spiro atoms. The van der Waals surface area contributed by atoms with Crippen molar-refractivity contribution in [2.75, 3.05) is 26.1 Å². The molecule has 2 aromatic heterocycles. The van der Waals surface area contributed by atoms with Gasteiger partial charge in [0.05, 0.1) is 25.4 Å². The van der Waals surface area contributed by atoms with Crippen LogP contribution in [0.3, 0.4) is 0 Å². The standard InChI is InChI=1S/C19H20N4O3/c1-4-20-19(24)23-14-7-8-21-15-9-13(11-22-18(14)15)12-5-6-16(25-2)17(10-12)26-3/h5-11H,4H2,1-3H3,(H2,20,21,23,24). The highest BCUT2D eigenvalue weighted by molar-refractivity contribution is 5.99. The van der Waals surface area contributed by atoms with E-state index in [1.54, 1.807) is 32.7 Å². The van der Waals surface area contributed by atoms with Crippen LogP contribution >= 0.6 is 0 Å².